The third-order valence-electron chi connectivity index (χ3n) is 1.55. The molecular weight excluding hydrogens is 198 g/mol. The van der Waals surface area contributed by atoms with Gasteiger partial charge >= 0.3 is 0 Å². The quantitative estimate of drug-likeness (QED) is 0.748. The molecule has 0 aromatic carbocycles. The summed E-state index contributed by atoms with van der Waals surface area (Å²) in [6, 6.07) is 3.71. The highest BCUT2D eigenvalue weighted by Crippen LogP contribution is 2.24. The summed E-state index contributed by atoms with van der Waals surface area (Å²) in [6.45, 7) is 0. The van der Waals surface area contributed by atoms with Crippen molar-refractivity contribution in [3.05, 3.63) is 24.0 Å². The van der Waals surface area contributed by atoms with Crippen molar-refractivity contribution < 1.29 is 0 Å². The van der Waals surface area contributed by atoms with Gasteiger partial charge in [-0.1, -0.05) is 11.3 Å². The molecule has 0 aliphatic carbocycles. The summed E-state index contributed by atoms with van der Waals surface area (Å²) in [6.07, 6.45) is 3.12. The second-order valence-electron chi connectivity index (χ2n) is 2.52. The van der Waals surface area contributed by atoms with E-state index in [1.165, 1.54) is 17.5 Å². The zero-order chi connectivity index (χ0) is 9.97. The van der Waals surface area contributed by atoms with Gasteiger partial charge in [-0.2, -0.15) is 5.26 Å². The Hall–Kier alpha value is -2.00. The molecule has 2 heterocycles. The van der Waals surface area contributed by atoms with Crippen molar-refractivity contribution in [2.45, 2.75) is 0 Å². The average Bonchev–Trinajstić information content (AvgIpc) is 2.65. The highest BCUT2D eigenvalue weighted by Gasteiger charge is 2.05. The molecule has 0 saturated carbocycles. The van der Waals surface area contributed by atoms with Crippen molar-refractivity contribution >= 4 is 16.5 Å². The molecule has 0 bridgehead atoms. The predicted octanol–water partition coefficient (Wildman–Crippen LogP) is 1.05. The zero-order valence-corrected chi connectivity index (χ0v) is 7.82. The second-order valence-corrected chi connectivity index (χ2v) is 3.53. The van der Waals surface area contributed by atoms with Crippen LogP contribution in [0.1, 0.15) is 5.56 Å². The number of nitrogens with zero attached hydrogens (tertiary/aromatic N) is 4. The van der Waals surface area contributed by atoms with E-state index < -0.39 is 0 Å². The number of anilines is 1. The first-order valence-corrected chi connectivity index (χ1v) is 4.56. The van der Waals surface area contributed by atoms with Gasteiger partial charge in [-0.15, -0.1) is 10.2 Å². The minimum atomic E-state index is 0.405. The molecule has 0 radical (unpaired) electrons. The third kappa shape index (κ3) is 1.53. The highest BCUT2D eigenvalue weighted by molar-refractivity contribution is 7.18. The summed E-state index contributed by atoms with van der Waals surface area (Å²) in [4.78, 5) is 3.92. The SMILES string of the molecule is N#Cc1cncc(-c2nnc(N)s2)c1. The molecule has 2 N–H and O–H groups in total. The molecule has 5 nitrogen and oxygen atoms in total. The van der Waals surface area contributed by atoms with Crippen molar-refractivity contribution in [2.75, 3.05) is 5.73 Å². The molecule has 2 rings (SSSR count). The Morgan fingerprint density at radius 2 is 2.21 bits per heavy atom. The fourth-order valence-corrected chi connectivity index (χ4v) is 1.56. The number of hydrogen-bond acceptors (Lipinski definition) is 6. The van der Waals surface area contributed by atoms with Gasteiger partial charge in [-0.3, -0.25) is 4.98 Å². The van der Waals surface area contributed by atoms with Gasteiger partial charge in [0.05, 0.1) is 5.56 Å². The Balaban J connectivity index is 2.47. The molecule has 2 aromatic heterocycles. The Morgan fingerprint density at radius 1 is 1.36 bits per heavy atom. The molecule has 0 amide bonds. The maximum absolute atomic E-state index is 8.67. The second kappa shape index (κ2) is 3.40. The van der Waals surface area contributed by atoms with Crippen LogP contribution in [0.4, 0.5) is 5.13 Å². The first kappa shape index (κ1) is 8.59. The van der Waals surface area contributed by atoms with Gasteiger partial charge in [-0.25, -0.2) is 0 Å². The molecule has 68 valence electrons. The van der Waals surface area contributed by atoms with E-state index in [9.17, 15) is 0 Å². The van der Waals surface area contributed by atoms with E-state index in [1.807, 2.05) is 6.07 Å². The number of nitriles is 1. The van der Waals surface area contributed by atoms with Crippen LogP contribution in [0, 0.1) is 11.3 Å². The van der Waals surface area contributed by atoms with Gasteiger partial charge in [0.15, 0.2) is 5.01 Å². The number of nitrogen functional groups attached to an aromatic ring is 1. The Labute approximate surface area is 83.9 Å². The normalized spacial score (nSPS) is 9.64. The van der Waals surface area contributed by atoms with Crippen molar-refractivity contribution in [3.63, 3.8) is 0 Å². The molecule has 0 atom stereocenters. The maximum atomic E-state index is 8.67. The number of hydrogen-bond donors (Lipinski definition) is 1. The lowest BCUT2D eigenvalue weighted by atomic mass is 10.2. The molecule has 6 heteroatoms. The van der Waals surface area contributed by atoms with Crippen molar-refractivity contribution in [1.82, 2.24) is 15.2 Å². The van der Waals surface area contributed by atoms with Crippen LogP contribution < -0.4 is 5.73 Å². The number of aromatic nitrogens is 3. The van der Waals surface area contributed by atoms with Crippen LogP contribution in [0.15, 0.2) is 18.5 Å². The number of pyridine rings is 1. The van der Waals surface area contributed by atoms with Gasteiger partial charge in [0.25, 0.3) is 0 Å². The lowest BCUT2D eigenvalue weighted by Crippen LogP contribution is -1.82. The minimum absolute atomic E-state index is 0.405. The molecule has 0 aliphatic heterocycles. The van der Waals surface area contributed by atoms with Gasteiger partial charge in [0, 0.05) is 18.0 Å². The fraction of sp³-hybridized carbons (Fsp3) is 0. The first-order chi connectivity index (χ1) is 6.79. The predicted molar refractivity (Wildman–Crippen MR) is 52.3 cm³/mol. The summed E-state index contributed by atoms with van der Waals surface area (Å²) >= 11 is 1.27. The lowest BCUT2D eigenvalue weighted by Gasteiger charge is -1.93. The van der Waals surface area contributed by atoms with Gasteiger partial charge in [-0.05, 0) is 6.07 Å². The van der Waals surface area contributed by atoms with E-state index in [-0.39, 0.29) is 0 Å². The van der Waals surface area contributed by atoms with E-state index in [0.29, 0.717) is 15.7 Å². The van der Waals surface area contributed by atoms with Crippen LogP contribution in [0.25, 0.3) is 10.6 Å². The largest absolute Gasteiger partial charge is 0.374 e. The van der Waals surface area contributed by atoms with Crippen LogP contribution in [0.5, 0.6) is 0 Å². The van der Waals surface area contributed by atoms with Gasteiger partial charge < -0.3 is 5.73 Å². The standard InChI is InChI=1S/C8H5N5S/c9-2-5-1-6(4-11-3-5)7-12-13-8(10)14-7/h1,3-4H,(H2,10,13). The van der Waals surface area contributed by atoms with Gasteiger partial charge in [0.1, 0.15) is 6.07 Å². The van der Waals surface area contributed by atoms with Crippen LogP contribution in [-0.4, -0.2) is 15.2 Å². The summed E-state index contributed by atoms with van der Waals surface area (Å²) < 4.78 is 0. The lowest BCUT2D eigenvalue weighted by molar-refractivity contribution is 1.10. The summed E-state index contributed by atoms with van der Waals surface area (Å²) in [7, 11) is 0. The molecule has 14 heavy (non-hydrogen) atoms. The number of nitrogens with two attached hydrogens (primary N) is 1. The minimum Gasteiger partial charge on any atom is -0.374 e. The molecule has 2 aromatic rings. The van der Waals surface area contributed by atoms with E-state index in [1.54, 1.807) is 12.3 Å². The van der Waals surface area contributed by atoms with Crippen LogP contribution in [-0.2, 0) is 0 Å². The third-order valence-corrected chi connectivity index (χ3v) is 2.36. The zero-order valence-electron chi connectivity index (χ0n) is 7.01. The van der Waals surface area contributed by atoms with E-state index in [2.05, 4.69) is 15.2 Å². The molecule has 0 saturated heterocycles. The van der Waals surface area contributed by atoms with E-state index in [4.69, 9.17) is 11.0 Å². The first-order valence-electron chi connectivity index (χ1n) is 3.74. The molecule has 0 unspecified atom stereocenters. The van der Waals surface area contributed by atoms with Crippen LogP contribution in [0.3, 0.4) is 0 Å². The summed E-state index contributed by atoms with van der Waals surface area (Å²) in [5, 5.41) is 17.3. The molecule has 0 aliphatic rings. The highest BCUT2D eigenvalue weighted by atomic mass is 32.1. The molecule has 0 fully saturated rings. The van der Waals surface area contributed by atoms with Crippen LogP contribution in [0.2, 0.25) is 0 Å². The topological polar surface area (TPSA) is 88.5 Å². The van der Waals surface area contributed by atoms with Crippen molar-refractivity contribution in [2.24, 2.45) is 0 Å². The summed E-state index contributed by atoms with van der Waals surface area (Å²) in [5.74, 6) is 0. The van der Waals surface area contributed by atoms with Gasteiger partial charge in [0.2, 0.25) is 5.13 Å². The molecule has 0 spiro atoms. The Kier molecular flexibility index (Phi) is 2.08. The molecular formula is C8H5N5S. The van der Waals surface area contributed by atoms with Crippen LogP contribution >= 0.6 is 11.3 Å². The van der Waals surface area contributed by atoms with E-state index >= 15 is 0 Å². The summed E-state index contributed by atoms with van der Waals surface area (Å²) in [5.41, 5.74) is 6.70. The van der Waals surface area contributed by atoms with Crippen molar-refractivity contribution in [1.29, 1.82) is 5.26 Å². The number of rotatable bonds is 1. The smallest absolute Gasteiger partial charge is 0.203 e. The maximum Gasteiger partial charge on any atom is 0.203 e. The van der Waals surface area contributed by atoms with E-state index in [0.717, 1.165) is 5.56 Å². The Bertz CT molecular complexity index is 498. The fourth-order valence-electron chi connectivity index (χ4n) is 0.969. The van der Waals surface area contributed by atoms with Crippen molar-refractivity contribution in [3.8, 4) is 16.6 Å². The Morgan fingerprint density at radius 3 is 2.86 bits per heavy atom. The monoisotopic (exact) mass is 203 g/mol. The average molecular weight is 203 g/mol.